The molecule has 0 spiro atoms. The van der Waals surface area contributed by atoms with Crippen LogP contribution in [0.1, 0.15) is 49.9 Å². The zero-order valence-electron chi connectivity index (χ0n) is 19.9. The molecular formula is C24H33N7O3. The number of carbonyl (C=O) groups is 2. The van der Waals surface area contributed by atoms with Crippen molar-refractivity contribution in [2.75, 3.05) is 25.0 Å². The summed E-state index contributed by atoms with van der Waals surface area (Å²) in [6, 6.07) is 7.12. The summed E-state index contributed by atoms with van der Waals surface area (Å²) in [4.78, 5) is 33.4. The minimum absolute atomic E-state index is 0.00169. The van der Waals surface area contributed by atoms with E-state index in [2.05, 4.69) is 27.5 Å². The monoisotopic (exact) mass is 467 g/mol. The zero-order chi connectivity index (χ0) is 25.1. The van der Waals surface area contributed by atoms with Crippen LogP contribution < -0.4 is 21.3 Å². The Morgan fingerprint density at radius 3 is 2.65 bits per heavy atom. The lowest BCUT2D eigenvalue weighted by atomic mass is 10.1. The Bertz CT molecular complexity index is 1020. The molecule has 0 radical (unpaired) electrons. The van der Waals surface area contributed by atoms with Gasteiger partial charge in [-0.2, -0.15) is 0 Å². The molecule has 0 fully saturated rings. The number of amides is 1. The first-order chi connectivity index (χ1) is 16.2. The van der Waals surface area contributed by atoms with Crippen LogP contribution in [0.25, 0.3) is 0 Å². The molecule has 34 heavy (non-hydrogen) atoms. The highest BCUT2D eigenvalue weighted by Crippen LogP contribution is 2.18. The first-order valence-electron chi connectivity index (χ1n) is 11.2. The fraction of sp³-hybridized carbons (Fsp3) is 0.375. The molecule has 0 aliphatic carbocycles. The number of rotatable bonds is 11. The van der Waals surface area contributed by atoms with Gasteiger partial charge in [0.05, 0.1) is 23.8 Å². The van der Waals surface area contributed by atoms with Crippen molar-refractivity contribution in [2.24, 2.45) is 15.7 Å². The standard InChI is InChI=1S/C24H33N7O3/c1-4-5-7-20-22(23(26)29-16(2)25)30-18(14-28-20)15-31(3)19-11-9-17(10-12-19)24(34)27-13-6-8-21(32)33/h7,9-12,14,28H,4-6,8,13,15H2,1-3H3,(H,27,34)(H,32,33)(H3,25,26,29)/b20-7-. The SMILES string of the molecule is CCC/C=C1\NC=C(CN(C)c2ccc(C(=O)NCCCC(=O)O)cc2)N=C1C(=N)N=C(C)N. The van der Waals surface area contributed by atoms with Crippen LogP contribution in [0.5, 0.6) is 0 Å². The quantitative estimate of drug-likeness (QED) is 0.191. The molecule has 0 saturated carbocycles. The predicted molar refractivity (Wildman–Crippen MR) is 136 cm³/mol. The number of carbonyl (C=O) groups excluding carboxylic acids is 1. The summed E-state index contributed by atoms with van der Waals surface area (Å²) >= 11 is 0. The lowest BCUT2D eigenvalue weighted by Crippen LogP contribution is -2.30. The minimum atomic E-state index is -0.881. The molecule has 0 aromatic heterocycles. The smallest absolute Gasteiger partial charge is 0.303 e. The number of nitrogens with zero attached hydrogens (tertiary/aromatic N) is 3. The number of aliphatic imine (C=N–C) groups is 2. The van der Waals surface area contributed by atoms with Gasteiger partial charge in [-0.15, -0.1) is 0 Å². The molecule has 182 valence electrons. The maximum atomic E-state index is 12.2. The van der Waals surface area contributed by atoms with E-state index in [9.17, 15) is 9.59 Å². The van der Waals surface area contributed by atoms with E-state index in [0.717, 1.165) is 29.9 Å². The maximum absolute atomic E-state index is 12.2. The number of benzene rings is 1. The van der Waals surface area contributed by atoms with Crippen molar-refractivity contribution in [2.45, 2.75) is 39.5 Å². The molecule has 0 saturated heterocycles. The molecular weight excluding hydrogens is 434 g/mol. The molecule has 1 aliphatic heterocycles. The number of nitrogens with one attached hydrogen (secondary N) is 3. The number of nitrogens with two attached hydrogens (primary N) is 1. The van der Waals surface area contributed by atoms with Crippen LogP contribution in [-0.4, -0.2) is 54.5 Å². The van der Waals surface area contributed by atoms with Crippen molar-refractivity contribution in [3.63, 3.8) is 0 Å². The molecule has 1 aromatic carbocycles. The topological polar surface area (TPSA) is 156 Å². The second-order valence-electron chi connectivity index (χ2n) is 7.90. The molecule has 2 rings (SSSR count). The van der Waals surface area contributed by atoms with Gasteiger partial charge in [0.15, 0.2) is 5.84 Å². The van der Waals surface area contributed by atoms with Gasteiger partial charge in [0.2, 0.25) is 0 Å². The lowest BCUT2D eigenvalue weighted by Gasteiger charge is -2.23. The number of likely N-dealkylation sites (N-methyl/N-ethyl adjacent to an activating group) is 1. The summed E-state index contributed by atoms with van der Waals surface area (Å²) in [6.45, 7) is 4.49. The van der Waals surface area contributed by atoms with Crippen molar-refractivity contribution in [1.82, 2.24) is 10.6 Å². The number of carboxylic acids is 1. The first kappa shape index (κ1) is 26.3. The number of unbranched alkanes of at least 4 members (excludes halogenated alkanes) is 1. The van der Waals surface area contributed by atoms with Crippen molar-refractivity contribution < 1.29 is 14.7 Å². The van der Waals surface area contributed by atoms with Gasteiger partial charge in [0.1, 0.15) is 5.71 Å². The number of allylic oxidation sites excluding steroid dienone is 1. The van der Waals surface area contributed by atoms with Crippen molar-refractivity contribution in [1.29, 1.82) is 5.41 Å². The molecule has 1 aromatic rings. The molecule has 10 nitrogen and oxygen atoms in total. The van der Waals surface area contributed by atoms with Crippen molar-refractivity contribution in [3.05, 3.63) is 53.5 Å². The third-order valence-electron chi connectivity index (χ3n) is 4.88. The minimum Gasteiger partial charge on any atom is -0.481 e. The number of carboxylic acid groups (broad SMARTS) is 1. The van der Waals surface area contributed by atoms with Crippen LogP contribution in [0, 0.1) is 5.41 Å². The van der Waals surface area contributed by atoms with E-state index in [1.165, 1.54) is 0 Å². The zero-order valence-corrected chi connectivity index (χ0v) is 19.9. The van der Waals surface area contributed by atoms with E-state index >= 15 is 0 Å². The molecule has 1 heterocycles. The number of anilines is 1. The summed E-state index contributed by atoms with van der Waals surface area (Å²) in [5, 5.41) is 22.9. The summed E-state index contributed by atoms with van der Waals surface area (Å²) in [7, 11) is 1.91. The maximum Gasteiger partial charge on any atom is 0.303 e. The van der Waals surface area contributed by atoms with Crippen LogP contribution in [-0.2, 0) is 4.79 Å². The van der Waals surface area contributed by atoms with E-state index in [1.807, 2.05) is 36.4 Å². The van der Waals surface area contributed by atoms with Gasteiger partial charge in [-0.05, 0) is 44.0 Å². The lowest BCUT2D eigenvalue weighted by molar-refractivity contribution is -0.137. The van der Waals surface area contributed by atoms with Gasteiger partial charge in [-0.3, -0.25) is 15.0 Å². The average molecular weight is 468 g/mol. The van der Waals surface area contributed by atoms with Gasteiger partial charge >= 0.3 is 5.97 Å². The van der Waals surface area contributed by atoms with Crippen LogP contribution >= 0.6 is 0 Å². The summed E-state index contributed by atoms with van der Waals surface area (Å²) in [5.74, 6) is -0.828. The van der Waals surface area contributed by atoms with Gasteiger partial charge in [0, 0.05) is 37.5 Å². The third-order valence-corrected chi connectivity index (χ3v) is 4.88. The van der Waals surface area contributed by atoms with E-state index in [4.69, 9.17) is 16.2 Å². The Morgan fingerprint density at radius 2 is 2.03 bits per heavy atom. The number of hydrogen-bond donors (Lipinski definition) is 5. The first-order valence-corrected chi connectivity index (χ1v) is 11.2. The van der Waals surface area contributed by atoms with Crippen LogP contribution in [0.4, 0.5) is 5.69 Å². The van der Waals surface area contributed by atoms with Crippen LogP contribution in [0.15, 0.2) is 57.9 Å². The Morgan fingerprint density at radius 1 is 1.32 bits per heavy atom. The second-order valence-corrected chi connectivity index (χ2v) is 7.90. The number of aliphatic carboxylic acids is 1. The fourth-order valence-corrected chi connectivity index (χ4v) is 3.15. The van der Waals surface area contributed by atoms with E-state index in [1.54, 1.807) is 19.1 Å². The number of amidine groups is 2. The molecule has 10 heteroatoms. The Labute approximate surface area is 199 Å². The molecule has 0 atom stereocenters. The van der Waals surface area contributed by atoms with Crippen molar-refractivity contribution in [3.8, 4) is 0 Å². The van der Waals surface area contributed by atoms with E-state index < -0.39 is 5.97 Å². The normalized spacial score (nSPS) is 14.7. The Kier molecular flexibility index (Phi) is 10.0. The Hall–Kier alpha value is -3.95. The highest BCUT2D eigenvalue weighted by Gasteiger charge is 2.18. The molecule has 0 bridgehead atoms. The van der Waals surface area contributed by atoms with Crippen LogP contribution in [0.3, 0.4) is 0 Å². The largest absolute Gasteiger partial charge is 0.481 e. The van der Waals surface area contributed by atoms with E-state index in [-0.39, 0.29) is 18.2 Å². The Balaban J connectivity index is 2.05. The molecule has 1 aliphatic rings. The summed E-state index contributed by atoms with van der Waals surface area (Å²) in [6.07, 6.45) is 6.04. The van der Waals surface area contributed by atoms with Crippen molar-refractivity contribution >= 4 is 34.9 Å². The van der Waals surface area contributed by atoms with E-state index in [0.29, 0.717) is 36.6 Å². The molecule has 6 N–H and O–H groups in total. The van der Waals surface area contributed by atoms with Gasteiger partial charge in [-0.25, -0.2) is 9.98 Å². The van der Waals surface area contributed by atoms with Crippen LogP contribution in [0.2, 0.25) is 0 Å². The highest BCUT2D eigenvalue weighted by molar-refractivity contribution is 6.48. The second kappa shape index (κ2) is 12.9. The van der Waals surface area contributed by atoms with Gasteiger partial charge < -0.3 is 26.4 Å². The highest BCUT2D eigenvalue weighted by atomic mass is 16.4. The predicted octanol–water partition coefficient (Wildman–Crippen LogP) is 2.64. The fourth-order valence-electron chi connectivity index (χ4n) is 3.15. The molecule has 0 unspecified atom stereocenters. The molecule has 1 amide bonds. The number of hydrogen-bond acceptors (Lipinski definition) is 6. The van der Waals surface area contributed by atoms with Gasteiger partial charge in [0.25, 0.3) is 5.91 Å². The average Bonchev–Trinajstić information content (AvgIpc) is 2.80. The van der Waals surface area contributed by atoms with Gasteiger partial charge in [-0.1, -0.05) is 19.4 Å². The third kappa shape index (κ3) is 8.19. The summed E-state index contributed by atoms with van der Waals surface area (Å²) < 4.78 is 0. The summed E-state index contributed by atoms with van der Waals surface area (Å²) in [5.41, 5.74) is 8.95.